The third-order valence-corrected chi connectivity index (χ3v) is 3.61. The van der Waals surface area contributed by atoms with Crippen LogP contribution >= 0.6 is 15.9 Å². The maximum absolute atomic E-state index is 5.17. The fraction of sp³-hybridized carbons (Fsp3) is 0.500. The fourth-order valence-electron chi connectivity index (χ4n) is 2.15. The average molecular weight is 270 g/mol. The molecule has 1 N–H and O–H groups in total. The molecule has 82 valence electrons. The highest BCUT2D eigenvalue weighted by Gasteiger charge is 2.25. The van der Waals surface area contributed by atoms with Crippen LogP contribution in [-0.4, -0.2) is 19.8 Å². The minimum absolute atomic E-state index is 0.473. The zero-order valence-electron chi connectivity index (χ0n) is 8.87. The lowest BCUT2D eigenvalue weighted by atomic mass is 10.1. The highest BCUT2D eigenvalue weighted by atomic mass is 79.9. The van der Waals surface area contributed by atoms with Crippen molar-refractivity contribution in [2.75, 3.05) is 13.7 Å². The lowest BCUT2D eigenvalue weighted by Gasteiger charge is -2.15. The SMILES string of the molecule is COCC1CCC(c2ccccc2Br)N1. The molecule has 0 saturated carbocycles. The summed E-state index contributed by atoms with van der Waals surface area (Å²) < 4.78 is 6.36. The van der Waals surface area contributed by atoms with Gasteiger partial charge in [0.2, 0.25) is 0 Å². The molecular formula is C12H16BrNO. The summed E-state index contributed by atoms with van der Waals surface area (Å²) in [4.78, 5) is 0. The number of rotatable bonds is 3. The van der Waals surface area contributed by atoms with Crippen molar-refractivity contribution in [3.63, 3.8) is 0 Å². The number of methoxy groups -OCH3 is 1. The van der Waals surface area contributed by atoms with Crippen LogP contribution in [0.3, 0.4) is 0 Å². The Hall–Kier alpha value is -0.380. The Bertz CT molecular complexity index is 329. The lowest BCUT2D eigenvalue weighted by Crippen LogP contribution is -2.28. The minimum Gasteiger partial charge on any atom is -0.383 e. The van der Waals surface area contributed by atoms with Gasteiger partial charge in [0.15, 0.2) is 0 Å². The van der Waals surface area contributed by atoms with Gasteiger partial charge < -0.3 is 10.1 Å². The summed E-state index contributed by atoms with van der Waals surface area (Å²) in [7, 11) is 1.76. The molecule has 1 aromatic rings. The Labute approximate surface area is 99.1 Å². The van der Waals surface area contributed by atoms with Crippen molar-refractivity contribution in [1.29, 1.82) is 0 Å². The van der Waals surface area contributed by atoms with Gasteiger partial charge in [-0.15, -0.1) is 0 Å². The molecular weight excluding hydrogens is 254 g/mol. The summed E-state index contributed by atoms with van der Waals surface area (Å²) in [5, 5.41) is 3.59. The molecule has 1 aromatic carbocycles. The van der Waals surface area contributed by atoms with E-state index in [4.69, 9.17) is 4.74 Å². The van der Waals surface area contributed by atoms with Gasteiger partial charge >= 0.3 is 0 Å². The number of nitrogens with one attached hydrogen (secondary N) is 1. The average Bonchev–Trinajstić information content (AvgIpc) is 2.68. The normalized spacial score (nSPS) is 25.7. The number of benzene rings is 1. The lowest BCUT2D eigenvalue weighted by molar-refractivity contribution is 0.172. The summed E-state index contributed by atoms with van der Waals surface area (Å²) in [5.74, 6) is 0. The van der Waals surface area contributed by atoms with Gasteiger partial charge in [-0.1, -0.05) is 34.1 Å². The first-order chi connectivity index (χ1) is 7.31. The Morgan fingerprint density at radius 2 is 2.20 bits per heavy atom. The van der Waals surface area contributed by atoms with Crippen molar-refractivity contribution < 1.29 is 4.74 Å². The summed E-state index contributed by atoms with van der Waals surface area (Å²) in [6.45, 7) is 0.807. The van der Waals surface area contributed by atoms with Crippen molar-refractivity contribution in [2.24, 2.45) is 0 Å². The first-order valence-corrected chi connectivity index (χ1v) is 6.10. The minimum atomic E-state index is 0.473. The summed E-state index contributed by atoms with van der Waals surface area (Å²) >= 11 is 3.59. The van der Waals surface area contributed by atoms with Crippen LogP contribution in [0.5, 0.6) is 0 Å². The highest BCUT2D eigenvalue weighted by Crippen LogP contribution is 2.31. The molecule has 2 atom stereocenters. The predicted octanol–water partition coefficient (Wildman–Crippen LogP) is 2.89. The van der Waals surface area contributed by atoms with Gasteiger partial charge in [0.25, 0.3) is 0 Å². The second-order valence-electron chi connectivity index (χ2n) is 3.97. The Morgan fingerprint density at radius 1 is 1.40 bits per heavy atom. The van der Waals surface area contributed by atoms with Crippen LogP contribution in [0.15, 0.2) is 28.7 Å². The van der Waals surface area contributed by atoms with Gasteiger partial charge in [-0.25, -0.2) is 0 Å². The van der Waals surface area contributed by atoms with E-state index in [-0.39, 0.29) is 0 Å². The van der Waals surface area contributed by atoms with Crippen LogP contribution in [0.1, 0.15) is 24.4 Å². The van der Waals surface area contributed by atoms with Crippen LogP contribution in [0, 0.1) is 0 Å². The second-order valence-corrected chi connectivity index (χ2v) is 4.82. The molecule has 15 heavy (non-hydrogen) atoms. The van der Waals surface area contributed by atoms with E-state index in [2.05, 4.69) is 45.5 Å². The molecule has 0 radical (unpaired) electrons. The summed E-state index contributed by atoms with van der Waals surface area (Å²) in [5.41, 5.74) is 1.36. The molecule has 0 spiro atoms. The zero-order valence-corrected chi connectivity index (χ0v) is 10.5. The molecule has 2 nitrogen and oxygen atoms in total. The third-order valence-electron chi connectivity index (χ3n) is 2.89. The molecule has 0 aliphatic carbocycles. The molecule has 1 fully saturated rings. The van der Waals surface area contributed by atoms with Crippen molar-refractivity contribution in [3.05, 3.63) is 34.3 Å². The number of hydrogen-bond acceptors (Lipinski definition) is 2. The molecule has 1 saturated heterocycles. The van der Waals surface area contributed by atoms with E-state index in [0.717, 1.165) is 6.61 Å². The molecule has 2 unspecified atom stereocenters. The van der Waals surface area contributed by atoms with Gasteiger partial charge in [-0.05, 0) is 24.5 Å². The zero-order chi connectivity index (χ0) is 10.7. The Kier molecular flexibility index (Phi) is 3.78. The first-order valence-electron chi connectivity index (χ1n) is 5.30. The van der Waals surface area contributed by atoms with Crippen LogP contribution in [-0.2, 0) is 4.74 Å². The van der Waals surface area contributed by atoms with E-state index in [0.29, 0.717) is 12.1 Å². The van der Waals surface area contributed by atoms with Crippen molar-refractivity contribution in [3.8, 4) is 0 Å². The van der Waals surface area contributed by atoms with Gasteiger partial charge in [0.1, 0.15) is 0 Å². The first kappa shape index (κ1) is 11.1. The molecule has 1 aliphatic heterocycles. The second kappa shape index (κ2) is 5.10. The maximum Gasteiger partial charge on any atom is 0.0616 e. The molecule has 1 heterocycles. The Morgan fingerprint density at radius 3 is 2.93 bits per heavy atom. The van der Waals surface area contributed by atoms with E-state index in [1.54, 1.807) is 7.11 Å². The van der Waals surface area contributed by atoms with Crippen molar-refractivity contribution in [2.45, 2.75) is 24.9 Å². The number of ether oxygens (including phenoxy) is 1. The molecule has 0 aromatic heterocycles. The third kappa shape index (κ3) is 2.60. The van der Waals surface area contributed by atoms with Gasteiger partial charge in [-0.2, -0.15) is 0 Å². The standard InChI is InChI=1S/C12H16BrNO/c1-15-8-9-6-7-12(14-9)10-4-2-3-5-11(10)13/h2-5,9,12,14H,6-8H2,1H3. The topological polar surface area (TPSA) is 21.3 Å². The predicted molar refractivity (Wildman–Crippen MR) is 64.9 cm³/mol. The molecule has 0 amide bonds. The van der Waals surface area contributed by atoms with Crippen LogP contribution < -0.4 is 5.32 Å². The maximum atomic E-state index is 5.17. The smallest absolute Gasteiger partial charge is 0.0616 e. The van der Waals surface area contributed by atoms with Crippen LogP contribution in [0.2, 0.25) is 0 Å². The largest absolute Gasteiger partial charge is 0.383 e. The molecule has 1 aliphatic rings. The quantitative estimate of drug-likeness (QED) is 0.911. The van der Waals surface area contributed by atoms with Crippen LogP contribution in [0.25, 0.3) is 0 Å². The van der Waals surface area contributed by atoms with E-state index < -0.39 is 0 Å². The van der Waals surface area contributed by atoms with E-state index in [1.165, 1.54) is 22.9 Å². The molecule has 2 rings (SSSR count). The van der Waals surface area contributed by atoms with Gasteiger partial charge in [0, 0.05) is 23.7 Å². The van der Waals surface area contributed by atoms with Gasteiger partial charge in [0.05, 0.1) is 6.61 Å². The van der Waals surface area contributed by atoms with Crippen LogP contribution in [0.4, 0.5) is 0 Å². The Balaban J connectivity index is 2.04. The summed E-state index contributed by atoms with van der Waals surface area (Å²) in [6.07, 6.45) is 2.39. The molecule has 3 heteroatoms. The highest BCUT2D eigenvalue weighted by molar-refractivity contribution is 9.10. The van der Waals surface area contributed by atoms with E-state index in [1.807, 2.05) is 0 Å². The monoisotopic (exact) mass is 269 g/mol. The van der Waals surface area contributed by atoms with Crippen molar-refractivity contribution in [1.82, 2.24) is 5.32 Å². The van der Waals surface area contributed by atoms with E-state index >= 15 is 0 Å². The van der Waals surface area contributed by atoms with Gasteiger partial charge in [-0.3, -0.25) is 0 Å². The van der Waals surface area contributed by atoms with Crippen molar-refractivity contribution >= 4 is 15.9 Å². The fourth-order valence-corrected chi connectivity index (χ4v) is 2.72. The molecule has 0 bridgehead atoms. The van der Waals surface area contributed by atoms with E-state index in [9.17, 15) is 0 Å². The number of hydrogen-bond donors (Lipinski definition) is 1. The number of halogens is 1. The summed E-state index contributed by atoms with van der Waals surface area (Å²) in [6, 6.07) is 9.39.